The zero-order chi connectivity index (χ0) is 27.6. The maximum atomic E-state index is 10.9. The molecule has 2 aromatic carbocycles. The number of fused-ring (bicyclic) bond motifs is 1. The first-order chi connectivity index (χ1) is 18.6. The van der Waals surface area contributed by atoms with Gasteiger partial charge in [-0.2, -0.15) is 0 Å². The van der Waals surface area contributed by atoms with E-state index in [2.05, 4.69) is 64.8 Å². The van der Waals surface area contributed by atoms with Gasteiger partial charge in [-0.1, -0.05) is 39.0 Å². The molecule has 202 valence electrons. The summed E-state index contributed by atoms with van der Waals surface area (Å²) in [7, 11) is 0. The van der Waals surface area contributed by atoms with Crippen molar-refractivity contribution >= 4 is 22.7 Å². The Kier molecular flexibility index (Phi) is 7.51. The molecule has 0 aliphatic heterocycles. The van der Waals surface area contributed by atoms with Gasteiger partial charge in [0.15, 0.2) is 0 Å². The molecule has 0 aliphatic carbocycles. The maximum absolute atomic E-state index is 10.9. The Hall–Kier alpha value is -3.62. The lowest BCUT2D eigenvalue weighted by Crippen LogP contribution is -2.24. The van der Waals surface area contributed by atoms with E-state index in [1.54, 1.807) is 6.20 Å². The van der Waals surface area contributed by atoms with Crippen LogP contribution in [0, 0.1) is 0 Å². The molecule has 5 aromatic rings. The van der Waals surface area contributed by atoms with Crippen molar-refractivity contribution in [2.75, 3.05) is 0 Å². The first kappa shape index (κ1) is 27.0. The molecule has 0 fully saturated rings. The van der Waals surface area contributed by atoms with E-state index < -0.39 is 5.60 Å². The Morgan fingerprint density at radius 2 is 1.79 bits per heavy atom. The van der Waals surface area contributed by atoms with E-state index in [0.717, 1.165) is 39.2 Å². The molecular weight excluding hydrogens is 508 g/mol. The van der Waals surface area contributed by atoms with Crippen molar-refractivity contribution in [1.29, 1.82) is 0 Å². The largest absolute Gasteiger partial charge is 0.487 e. The molecule has 3 aromatic heterocycles. The summed E-state index contributed by atoms with van der Waals surface area (Å²) in [4.78, 5) is 5.55. The second kappa shape index (κ2) is 10.9. The summed E-state index contributed by atoms with van der Waals surface area (Å²) in [5, 5.41) is 19.8. The molecule has 3 heterocycles. The lowest BCUT2D eigenvalue weighted by atomic mass is 10.0. The van der Waals surface area contributed by atoms with E-state index >= 15 is 0 Å². The predicted molar refractivity (Wildman–Crippen MR) is 155 cm³/mol. The number of pyridine rings is 1. The number of thioether (sulfide) groups is 1. The van der Waals surface area contributed by atoms with Crippen molar-refractivity contribution < 1.29 is 14.3 Å². The molecule has 0 radical (unpaired) electrons. The van der Waals surface area contributed by atoms with Gasteiger partial charge in [-0.3, -0.25) is 4.98 Å². The van der Waals surface area contributed by atoms with Crippen LogP contribution in [0.5, 0.6) is 5.75 Å². The molecule has 0 unspecified atom stereocenters. The molecule has 0 aliphatic rings. The Morgan fingerprint density at radius 1 is 1.00 bits per heavy atom. The molecule has 0 saturated heterocycles. The van der Waals surface area contributed by atoms with Crippen LogP contribution in [0.1, 0.15) is 51.6 Å². The van der Waals surface area contributed by atoms with Gasteiger partial charge in [0.1, 0.15) is 12.4 Å². The molecule has 1 N–H and O–H groups in total. The van der Waals surface area contributed by atoms with Crippen molar-refractivity contribution in [2.45, 2.75) is 69.4 Å². The molecule has 7 nitrogen and oxygen atoms in total. The van der Waals surface area contributed by atoms with Gasteiger partial charge >= 0.3 is 0 Å². The van der Waals surface area contributed by atoms with E-state index in [4.69, 9.17) is 9.15 Å². The minimum atomic E-state index is -0.876. The van der Waals surface area contributed by atoms with Gasteiger partial charge in [0, 0.05) is 51.0 Å². The molecule has 5 rings (SSSR count). The van der Waals surface area contributed by atoms with Gasteiger partial charge in [0.05, 0.1) is 11.3 Å². The fourth-order valence-electron chi connectivity index (χ4n) is 4.51. The van der Waals surface area contributed by atoms with E-state index in [1.165, 1.54) is 11.3 Å². The zero-order valence-electron chi connectivity index (χ0n) is 23.0. The Labute approximate surface area is 233 Å². The highest BCUT2D eigenvalue weighted by Gasteiger charge is 2.27. The molecular formula is C31H34N4O3S. The summed E-state index contributed by atoms with van der Waals surface area (Å²) in [6.07, 6.45) is 3.63. The zero-order valence-corrected chi connectivity index (χ0v) is 23.8. The number of hydrogen-bond donors (Lipinski definition) is 1. The molecule has 0 atom stereocenters. The monoisotopic (exact) mass is 542 g/mol. The summed E-state index contributed by atoms with van der Waals surface area (Å²) < 4.78 is 13.8. The third-order valence-corrected chi connectivity index (χ3v) is 7.39. The van der Waals surface area contributed by atoms with E-state index in [0.29, 0.717) is 25.5 Å². The number of aliphatic hydroxyl groups is 1. The topological polar surface area (TPSA) is 86.2 Å². The molecule has 8 heteroatoms. The quantitative estimate of drug-likeness (QED) is 0.202. The Balaban J connectivity index is 1.57. The van der Waals surface area contributed by atoms with Gasteiger partial charge in [0.25, 0.3) is 0 Å². The SMILES string of the molecule is CC(C)(O)Cc1c(SC(C)(C)C)c2cc(OCc3ccccn3)ccc2n1Cc1ccc(-c2nnco2)cc1. The van der Waals surface area contributed by atoms with Crippen molar-refractivity contribution in [3.8, 4) is 17.2 Å². The number of benzene rings is 2. The van der Waals surface area contributed by atoms with Crippen molar-refractivity contribution in [2.24, 2.45) is 0 Å². The standard InChI is InChI=1S/C31H34N4O3S/c1-30(2,3)39-28-25-16-24(37-19-23-8-6-7-15-32-23)13-14-26(25)35(27(28)17-31(4,5)36)18-21-9-11-22(12-10-21)29-34-33-20-38-29/h6-16,20,36H,17-19H2,1-5H3. The number of hydrogen-bond acceptors (Lipinski definition) is 7. The van der Waals surface area contributed by atoms with Crippen LogP contribution in [-0.2, 0) is 19.6 Å². The first-order valence-corrected chi connectivity index (χ1v) is 13.8. The Morgan fingerprint density at radius 3 is 2.44 bits per heavy atom. The average molecular weight is 543 g/mol. The van der Waals surface area contributed by atoms with E-state index in [-0.39, 0.29) is 4.75 Å². The van der Waals surface area contributed by atoms with Gasteiger partial charge in [-0.05, 0) is 61.9 Å². The number of rotatable bonds is 9. The van der Waals surface area contributed by atoms with E-state index in [9.17, 15) is 5.11 Å². The minimum Gasteiger partial charge on any atom is -0.487 e. The lowest BCUT2D eigenvalue weighted by molar-refractivity contribution is 0.0785. The van der Waals surface area contributed by atoms with Crippen LogP contribution in [0.2, 0.25) is 0 Å². The third-order valence-electron chi connectivity index (χ3n) is 6.11. The van der Waals surface area contributed by atoms with Crippen LogP contribution < -0.4 is 4.74 Å². The average Bonchev–Trinajstić information content (AvgIpc) is 3.51. The second-order valence-corrected chi connectivity index (χ2v) is 13.1. The van der Waals surface area contributed by atoms with Crippen LogP contribution in [-0.4, -0.2) is 35.2 Å². The summed E-state index contributed by atoms with van der Waals surface area (Å²) in [6.45, 7) is 11.4. The summed E-state index contributed by atoms with van der Waals surface area (Å²) >= 11 is 1.83. The highest BCUT2D eigenvalue weighted by atomic mass is 32.2. The predicted octanol–water partition coefficient (Wildman–Crippen LogP) is 6.92. The fraction of sp³-hybridized carbons (Fsp3) is 0.323. The smallest absolute Gasteiger partial charge is 0.247 e. The van der Waals surface area contributed by atoms with Crippen LogP contribution in [0.15, 0.2) is 82.6 Å². The first-order valence-electron chi connectivity index (χ1n) is 13.0. The number of ether oxygens (including phenoxy) is 1. The molecule has 0 amide bonds. The number of aromatic nitrogens is 4. The highest BCUT2D eigenvalue weighted by Crippen LogP contribution is 2.43. The van der Waals surface area contributed by atoms with Crippen molar-refractivity contribution in [3.05, 3.63) is 90.2 Å². The van der Waals surface area contributed by atoms with Crippen LogP contribution >= 0.6 is 11.8 Å². The van der Waals surface area contributed by atoms with Gasteiger partial charge in [-0.15, -0.1) is 22.0 Å². The van der Waals surface area contributed by atoms with Crippen molar-refractivity contribution in [3.63, 3.8) is 0 Å². The summed E-state index contributed by atoms with van der Waals surface area (Å²) in [5.41, 5.74) is 4.23. The fourth-order valence-corrected chi connectivity index (χ4v) is 5.69. The molecule has 0 saturated carbocycles. The van der Waals surface area contributed by atoms with Crippen LogP contribution in [0.25, 0.3) is 22.4 Å². The second-order valence-electron chi connectivity index (χ2n) is 11.3. The molecule has 0 spiro atoms. The van der Waals surface area contributed by atoms with Crippen molar-refractivity contribution in [1.82, 2.24) is 19.7 Å². The Bertz CT molecular complexity index is 1530. The van der Waals surface area contributed by atoms with E-state index in [1.807, 2.05) is 62.0 Å². The van der Waals surface area contributed by atoms with Crippen LogP contribution in [0.4, 0.5) is 0 Å². The number of nitrogens with zero attached hydrogens (tertiary/aromatic N) is 4. The van der Waals surface area contributed by atoms with Gasteiger partial charge in [-0.25, -0.2) is 0 Å². The summed E-state index contributed by atoms with van der Waals surface area (Å²) in [5.74, 6) is 1.29. The third kappa shape index (κ3) is 6.69. The highest BCUT2D eigenvalue weighted by molar-refractivity contribution is 8.00. The summed E-state index contributed by atoms with van der Waals surface area (Å²) in [6, 6.07) is 20.2. The lowest BCUT2D eigenvalue weighted by Gasteiger charge is -2.23. The van der Waals surface area contributed by atoms with Gasteiger partial charge in [0.2, 0.25) is 12.3 Å². The normalized spacial score (nSPS) is 12.3. The molecule has 0 bridgehead atoms. The molecule has 39 heavy (non-hydrogen) atoms. The minimum absolute atomic E-state index is 0.0238. The maximum Gasteiger partial charge on any atom is 0.247 e. The van der Waals surface area contributed by atoms with Crippen LogP contribution in [0.3, 0.4) is 0 Å². The van der Waals surface area contributed by atoms with Gasteiger partial charge < -0.3 is 18.8 Å².